The minimum atomic E-state index is -0.926. The molecule has 1 N–H and O–H groups in total. The summed E-state index contributed by atoms with van der Waals surface area (Å²) in [6.45, 7) is 5.64. The van der Waals surface area contributed by atoms with Gasteiger partial charge in [0.2, 0.25) is 5.91 Å². The Balaban J connectivity index is 1.98. The summed E-state index contributed by atoms with van der Waals surface area (Å²) in [5.74, 6) is -0.135. The highest BCUT2D eigenvalue weighted by atomic mass is 32.1. The Labute approximate surface area is 123 Å². The number of nitrogens with one attached hydrogen (secondary N) is 1. The number of thiophene rings is 1. The van der Waals surface area contributed by atoms with Gasteiger partial charge in [0, 0.05) is 21.6 Å². The van der Waals surface area contributed by atoms with Gasteiger partial charge in [0.05, 0.1) is 7.11 Å². The minimum Gasteiger partial charge on any atom is -0.467 e. The summed E-state index contributed by atoms with van der Waals surface area (Å²) in [7, 11) is 1.34. The van der Waals surface area contributed by atoms with Crippen LogP contribution in [0, 0.1) is 12.8 Å². The predicted octanol–water partition coefficient (Wildman–Crippen LogP) is 2.62. The zero-order valence-electron chi connectivity index (χ0n) is 12.4. The molecular formula is C15H21NO3S. The molecular weight excluding hydrogens is 274 g/mol. The van der Waals surface area contributed by atoms with Crippen LogP contribution < -0.4 is 5.32 Å². The van der Waals surface area contributed by atoms with Crippen molar-refractivity contribution in [2.75, 3.05) is 7.11 Å². The summed E-state index contributed by atoms with van der Waals surface area (Å²) in [5.41, 5.74) is -0.926. The second kappa shape index (κ2) is 5.56. The van der Waals surface area contributed by atoms with E-state index in [4.69, 9.17) is 4.74 Å². The van der Waals surface area contributed by atoms with E-state index in [1.54, 1.807) is 18.3 Å². The van der Waals surface area contributed by atoms with Gasteiger partial charge in [-0.2, -0.15) is 0 Å². The largest absolute Gasteiger partial charge is 0.467 e. The van der Waals surface area contributed by atoms with E-state index in [0.717, 1.165) is 6.42 Å². The van der Waals surface area contributed by atoms with E-state index >= 15 is 0 Å². The molecule has 0 bridgehead atoms. The first-order valence-electron chi connectivity index (χ1n) is 6.88. The third-order valence-electron chi connectivity index (χ3n) is 4.00. The van der Waals surface area contributed by atoms with E-state index < -0.39 is 11.5 Å². The van der Waals surface area contributed by atoms with Crippen LogP contribution in [0.3, 0.4) is 0 Å². The van der Waals surface area contributed by atoms with Crippen molar-refractivity contribution in [3.05, 3.63) is 21.9 Å². The first-order valence-corrected chi connectivity index (χ1v) is 7.69. The zero-order chi connectivity index (χ0) is 14.9. The van der Waals surface area contributed by atoms with Gasteiger partial charge < -0.3 is 10.1 Å². The molecule has 1 fully saturated rings. The monoisotopic (exact) mass is 295 g/mol. The number of esters is 1. The Morgan fingerprint density at radius 3 is 2.70 bits per heavy atom. The third kappa shape index (κ3) is 2.87. The summed E-state index contributed by atoms with van der Waals surface area (Å²) >= 11 is 1.74. The molecule has 1 heterocycles. The van der Waals surface area contributed by atoms with Crippen LogP contribution in [0.2, 0.25) is 0 Å². The highest BCUT2D eigenvalue weighted by molar-refractivity contribution is 7.12. The first-order chi connectivity index (χ1) is 9.41. The van der Waals surface area contributed by atoms with Crippen molar-refractivity contribution >= 4 is 23.2 Å². The van der Waals surface area contributed by atoms with Crippen LogP contribution in [-0.2, 0) is 14.3 Å². The van der Waals surface area contributed by atoms with Crippen molar-refractivity contribution in [2.45, 2.75) is 45.1 Å². The normalized spacial score (nSPS) is 23.8. The lowest BCUT2D eigenvalue weighted by atomic mass is 9.98. The number of carbonyl (C=O) groups excluding carboxylic acids is 2. The zero-order valence-corrected chi connectivity index (χ0v) is 13.2. The van der Waals surface area contributed by atoms with Gasteiger partial charge >= 0.3 is 5.97 Å². The van der Waals surface area contributed by atoms with Gasteiger partial charge in [-0.05, 0) is 38.8 Å². The molecule has 20 heavy (non-hydrogen) atoms. The molecule has 0 unspecified atom stereocenters. The molecule has 110 valence electrons. The predicted molar refractivity (Wildman–Crippen MR) is 78.8 cm³/mol. The average molecular weight is 295 g/mol. The highest BCUT2D eigenvalue weighted by Gasteiger charge is 2.47. The van der Waals surface area contributed by atoms with Crippen LogP contribution in [0.15, 0.2) is 12.1 Å². The molecule has 1 amide bonds. The van der Waals surface area contributed by atoms with Gasteiger partial charge in [-0.3, -0.25) is 4.79 Å². The number of amides is 1. The molecule has 4 nitrogen and oxygen atoms in total. The molecule has 0 aliphatic heterocycles. The molecule has 0 radical (unpaired) electrons. The van der Waals surface area contributed by atoms with Crippen molar-refractivity contribution in [1.29, 1.82) is 0 Å². The maximum absolute atomic E-state index is 12.3. The summed E-state index contributed by atoms with van der Waals surface area (Å²) < 4.78 is 4.77. The third-order valence-corrected chi connectivity index (χ3v) is 5.13. The number of ether oxygens (including phenoxy) is 1. The Morgan fingerprint density at radius 2 is 2.20 bits per heavy atom. The van der Waals surface area contributed by atoms with Gasteiger partial charge in [-0.15, -0.1) is 11.3 Å². The number of hydrogen-bond donors (Lipinski definition) is 1. The fourth-order valence-electron chi connectivity index (χ4n) is 2.33. The van der Waals surface area contributed by atoms with E-state index in [-0.39, 0.29) is 11.8 Å². The van der Waals surface area contributed by atoms with Gasteiger partial charge in [-0.1, -0.05) is 6.92 Å². The van der Waals surface area contributed by atoms with Crippen LogP contribution in [0.25, 0.3) is 0 Å². The molecule has 1 aromatic rings. The molecule has 0 spiro atoms. The number of rotatable bonds is 5. The summed E-state index contributed by atoms with van der Waals surface area (Å²) in [6, 6.07) is 4.18. The Morgan fingerprint density at radius 1 is 1.50 bits per heavy atom. The molecule has 0 saturated heterocycles. The van der Waals surface area contributed by atoms with Crippen LogP contribution in [0.5, 0.6) is 0 Å². The minimum absolute atomic E-state index is 0.0106. The topological polar surface area (TPSA) is 55.4 Å². The number of methoxy groups -OCH3 is 1. The molecule has 0 aromatic carbocycles. The van der Waals surface area contributed by atoms with E-state index in [0.29, 0.717) is 12.3 Å². The van der Waals surface area contributed by atoms with Crippen molar-refractivity contribution in [3.8, 4) is 0 Å². The molecule has 1 aromatic heterocycles. The van der Waals surface area contributed by atoms with Crippen molar-refractivity contribution < 1.29 is 14.3 Å². The Hall–Kier alpha value is -1.36. The second-order valence-electron chi connectivity index (χ2n) is 5.56. The smallest absolute Gasteiger partial charge is 0.331 e. The van der Waals surface area contributed by atoms with Crippen LogP contribution in [0.4, 0.5) is 0 Å². The van der Waals surface area contributed by atoms with Crippen molar-refractivity contribution in [3.63, 3.8) is 0 Å². The lowest BCUT2D eigenvalue weighted by molar-refractivity contribution is -0.150. The molecule has 5 heteroatoms. The second-order valence-corrected chi connectivity index (χ2v) is 6.88. The first kappa shape index (κ1) is 15.0. The quantitative estimate of drug-likeness (QED) is 0.850. The maximum atomic E-state index is 12.3. The molecule has 1 aliphatic rings. The fraction of sp³-hybridized carbons (Fsp3) is 0.600. The highest BCUT2D eigenvalue weighted by Crippen LogP contribution is 2.49. The number of carbonyl (C=O) groups is 2. The van der Waals surface area contributed by atoms with Gasteiger partial charge in [0.25, 0.3) is 0 Å². The Kier molecular flexibility index (Phi) is 4.18. The van der Waals surface area contributed by atoms with Gasteiger partial charge in [-0.25, -0.2) is 4.79 Å². The summed E-state index contributed by atoms with van der Waals surface area (Å²) in [6.07, 6.45) is 1.38. The van der Waals surface area contributed by atoms with Crippen molar-refractivity contribution in [1.82, 2.24) is 5.32 Å². The molecule has 1 aliphatic carbocycles. The van der Waals surface area contributed by atoms with E-state index in [1.165, 1.54) is 16.9 Å². The summed E-state index contributed by atoms with van der Waals surface area (Å²) in [5, 5.41) is 2.85. The fourth-order valence-corrected chi connectivity index (χ4v) is 3.38. The number of hydrogen-bond acceptors (Lipinski definition) is 4. The molecule has 2 rings (SSSR count). The summed E-state index contributed by atoms with van der Waals surface area (Å²) in [4.78, 5) is 26.6. The van der Waals surface area contributed by atoms with Crippen LogP contribution in [0.1, 0.15) is 42.4 Å². The van der Waals surface area contributed by atoms with Crippen molar-refractivity contribution in [2.24, 2.45) is 5.92 Å². The van der Waals surface area contributed by atoms with Crippen LogP contribution >= 0.6 is 11.3 Å². The number of aryl methyl sites for hydroxylation is 1. The Bertz CT molecular complexity index is 525. The molecule has 3 atom stereocenters. The van der Waals surface area contributed by atoms with Gasteiger partial charge in [0.1, 0.15) is 5.54 Å². The van der Waals surface area contributed by atoms with E-state index in [1.807, 2.05) is 6.92 Å². The SMILES string of the molecule is CC[C@](C)(NC(=O)[C@H]1C[C@H]1c1ccc(C)s1)C(=O)OC. The van der Waals surface area contributed by atoms with Crippen LogP contribution in [-0.4, -0.2) is 24.5 Å². The lowest BCUT2D eigenvalue weighted by Crippen LogP contribution is -2.52. The van der Waals surface area contributed by atoms with E-state index in [2.05, 4.69) is 24.4 Å². The van der Waals surface area contributed by atoms with Gasteiger partial charge in [0.15, 0.2) is 0 Å². The maximum Gasteiger partial charge on any atom is 0.331 e. The standard InChI is InChI=1S/C15H21NO3S/c1-5-15(3,14(18)19-4)16-13(17)11-8-10(11)12-7-6-9(2)20-12/h6-7,10-11H,5,8H2,1-4H3,(H,16,17)/t10-,11+,15+/m1/s1. The molecule has 1 saturated carbocycles. The lowest BCUT2D eigenvalue weighted by Gasteiger charge is -2.26. The average Bonchev–Trinajstić information content (AvgIpc) is 3.13. The van der Waals surface area contributed by atoms with E-state index in [9.17, 15) is 9.59 Å².